The number of aromatic hydroxyl groups is 1. The van der Waals surface area contributed by atoms with Gasteiger partial charge in [0.05, 0.1) is 12.2 Å². The molecule has 1 aliphatic heterocycles. The average Bonchev–Trinajstić information content (AvgIpc) is 2.65. The fourth-order valence-corrected chi connectivity index (χ4v) is 3.56. The summed E-state index contributed by atoms with van der Waals surface area (Å²) in [5.41, 5.74) is 4.54. The number of phenols is 1. The van der Waals surface area contributed by atoms with E-state index in [4.69, 9.17) is 0 Å². The van der Waals surface area contributed by atoms with Crippen molar-refractivity contribution in [3.63, 3.8) is 0 Å². The Balaban J connectivity index is 1.51. The first-order chi connectivity index (χ1) is 12.9. The van der Waals surface area contributed by atoms with Gasteiger partial charge in [0.1, 0.15) is 5.75 Å². The van der Waals surface area contributed by atoms with Crippen LogP contribution in [0.5, 0.6) is 5.75 Å². The second-order valence-corrected chi connectivity index (χ2v) is 7.43. The van der Waals surface area contributed by atoms with Crippen molar-refractivity contribution in [3.8, 4) is 5.75 Å². The van der Waals surface area contributed by atoms with Crippen molar-refractivity contribution in [2.75, 3.05) is 44.7 Å². The van der Waals surface area contributed by atoms with Crippen LogP contribution in [0.4, 0.5) is 5.69 Å². The highest BCUT2D eigenvalue weighted by Crippen LogP contribution is 2.27. The maximum Gasteiger partial charge on any atom is 0.236 e. The van der Waals surface area contributed by atoms with Gasteiger partial charge >= 0.3 is 0 Å². The van der Waals surface area contributed by atoms with E-state index in [9.17, 15) is 9.90 Å². The van der Waals surface area contributed by atoms with E-state index in [1.165, 1.54) is 16.7 Å². The molecule has 27 heavy (non-hydrogen) atoms. The summed E-state index contributed by atoms with van der Waals surface area (Å²) in [6.07, 6.45) is 0. The normalized spacial score (nSPS) is 15.0. The first-order valence-corrected chi connectivity index (χ1v) is 9.49. The van der Waals surface area contributed by atoms with E-state index in [0.717, 1.165) is 31.9 Å². The molecule has 144 valence electrons. The molecule has 0 atom stereocenters. The third-order valence-electron chi connectivity index (χ3n) is 5.28. The largest absolute Gasteiger partial charge is 0.506 e. The Hall–Kier alpha value is -2.53. The highest BCUT2D eigenvalue weighted by molar-refractivity contribution is 5.78. The van der Waals surface area contributed by atoms with E-state index in [2.05, 4.69) is 41.8 Å². The summed E-state index contributed by atoms with van der Waals surface area (Å²) in [4.78, 5) is 18.8. The van der Waals surface area contributed by atoms with Gasteiger partial charge < -0.3 is 14.9 Å². The standard InChI is InChI=1S/C22H29N3O2/c1-17-8-9-19(18(2)14-17)15-23(3)22(27)16-24-10-12-25(13-11-24)20-6-4-5-7-21(20)26/h4-9,14,26H,10-13,15-16H2,1-3H3. The maximum atomic E-state index is 12.6. The van der Waals surface area contributed by atoms with Crippen molar-refractivity contribution in [1.29, 1.82) is 0 Å². The summed E-state index contributed by atoms with van der Waals surface area (Å²) in [5, 5.41) is 10.0. The van der Waals surface area contributed by atoms with E-state index in [1.54, 1.807) is 6.07 Å². The fourth-order valence-electron chi connectivity index (χ4n) is 3.56. The number of anilines is 1. The van der Waals surface area contributed by atoms with Gasteiger partial charge in [-0.1, -0.05) is 35.9 Å². The number of aryl methyl sites for hydroxylation is 2. The number of rotatable bonds is 5. The molecule has 5 heteroatoms. The van der Waals surface area contributed by atoms with Crippen LogP contribution in [0.2, 0.25) is 0 Å². The van der Waals surface area contributed by atoms with Crippen LogP contribution < -0.4 is 4.90 Å². The second kappa shape index (κ2) is 8.44. The topological polar surface area (TPSA) is 47.0 Å². The summed E-state index contributed by atoms with van der Waals surface area (Å²) in [7, 11) is 1.87. The molecule has 0 saturated carbocycles. The number of amides is 1. The number of carbonyl (C=O) groups is 1. The molecule has 0 aromatic heterocycles. The molecule has 0 spiro atoms. The number of hydrogen-bond acceptors (Lipinski definition) is 4. The maximum absolute atomic E-state index is 12.6. The first-order valence-electron chi connectivity index (χ1n) is 9.49. The Kier molecular flexibility index (Phi) is 6.01. The Morgan fingerprint density at radius 2 is 1.78 bits per heavy atom. The lowest BCUT2D eigenvalue weighted by molar-refractivity contribution is -0.131. The average molecular weight is 367 g/mol. The number of para-hydroxylation sites is 2. The van der Waals surface area contributed by atoms with Gasteiger partial charge in [-0.2, -0.15) is 0 Å². The van der Waals surface area contributed by atoms with Gasteiger partial charge in [0.15, 0.2) is 0 Å². The SMILES string of the molecule is Cc1ccc(CN(C)C(=O)CN2CCN(c3ccccc3O)CC2)c(C)c1. The highest BCUT2D eigenvalue weighted by Gasteiger charge is 2.22. The first kappa shape index (κ1) is 19.2. The third kappa shape index (κ3) is 4.80. The van der Waals surface area contributed by atoms with Gasteiger partial charge in [-0.05, 0) is 37.1 Å². The summed E-state index contributed by atoms with van der Waals surface area (Å²) < 4.78 is 0. The number of likely N-dealkylation sites (N-methyl/N-ethyl adjacent to an activating group) is 1. The minimum absolute atomic E-state index is 0.144. The lowest BCUT2D eigenvalue weighted by atomic mass is 10.1. The summed E-state index contributed by atoms with van der Waals surface area (Å²) >= 11 is 0. The number of carbonyl (C=O) groups excluding carboxylic acids is 1. The monoisotopic (exact) mass is 367 g/mol. The van der Waals surface area contributed by atoms with E-state index in [0.29, 0.717) is 18.8 Å². The van der Waals surface area contributed by atoms with Crippen LogP contribution in [0.25, 0.3) is 0 Å². The molecule has 1 aliphatic rings. The molecular formula is C22H29N3O2. The lowest BCUT2D eigenvalue weighted by Crippen LogP contribution is -2.49. The molecule has 0 aliphatic carbocycles. The van der Waals surface area contributed by atoms with Crippen molar-refractivity contribution in [2.24, 2.45) is 0 Å². The third-order valence-corrected chi connectivity index (χ3v) is 5.28. The van der Waals surface area contributed by atoms with Crippen LogP contribution >= 0.6 is 0 Å². The minimum Gasteiger partial charge on any atom is -0.506 e. The van der Waals surface area contributed by atoms with Gasteiger partial charge in [0.25, 0.3) is 0 Å². The molecule has 1 amide bonds. The molecule has 1 saturated heterocycles. The molecule has 0 radical (unpaired) electrons. The minimum atomic E-state index is 0.144. The van der Waals surface area contributed by atoms with Crippen LogP contribution in [-0.2, 0) is 11.3 Å². The fraction of sp³-hybridized carbons (Fsp3) is 0.409. The van der Waals surface area contributed by atoms with Gasteiger partial charge in [-0.25, -0.2) is 0 Å². The van der Waals surface area contributed by atoms with Crippen molar-refractivity contribution in [1.82, 2.24) is 9.80 Å². The molecular weight excluding hydrogens is 338 g/mol. The van der Waals surface area contributed by atoms with Crippen molar-refractivity contribution in [3.05, 3.63) is 59.2 Å². The predicted molar refractivity (Wildman–Crippen MR) is 109 cm³/mol. The molecule has 0 bridgehead atoms. The van der Waals surface area contributed by atoms with Gasteiger partial charge in [0.2, 0.25) is 5.91 Å². The lowest BCUT2D eigenvalue weighted by Gasteiger charge is -2.36. The number of hydrogen-bond donors (Lipinski definition) is 1. The zero-order valence-electron chi connectivity index (χ0n) is 16.5. The second-order valence-electron chi connectivity index (χ2n) is 7.43. The number of phenolic OH excluding ortho intramolecular Hbond substituents is 1. The zero-order valence-corrected chi connectivity index (χ0v) is 16.5. The van der Waals surface area contributed by atoms with E-state index in [-0.39, 0.29) is 5.91 Å². The molecule has 0 unspecified atom stereocenters. The van der Waals surface area contributed by atoms with Crippen molar-refractivity contribution < 1.29 is 9.90 Å². The molecule has 2 aromatic rings. The molecule has 1 fully saturated rings. The highest BCUT2D eigenvalue weighted by atomic mass is 16.3. The predicted octanol–water partition coefficient (Wildman–Crippen LogP) is 2.79. The summed E-state index contributed by atoms with van der Waals surface area (Å²) in [6, 6.07) is 13.8. The van der Waals surface area contributed by atoms with Crippen LogP contribution in [0, 0.1) is 13.8 Å². The molecule has 2 aromatic carbocycles. The van der Waals surface area contributed by atoms with Gasteiger partial charge in [-0.15, -0.1) is 0 Å². The van der Waals surface area contributed by atoms with Crippen molar-refractivity contribution in [2.45, 2.75) is 20.4 Å². The number of benzene rings is 2. The molecule has 5 nitrogen and oxygen atoms in total. The van der Waals surface area contributed by atoms with Crippen molar-refractivity contribution >= 4 is 11.6 Å². The van der Waals surface area contributed by atoms with Gasteiger partial charge in [-0.3, -0.25) is 9.69 Å². The van der Waals surface area contributed by atoms with Crippen LogP contribution in [0.15, 0.2) is 42.5 Å². The number of piperazine rings is 1. The van der Waals surface area contributed by atoms with Crippen LogP contribution in [-0.4, -0.2) is 60.6 Å². The summed E-state index contributed by atoms with van der Waals surface area (Å²) in [5.74, 6) is 0.459. The van der Waals surface area contributed by atoms with Crippen LogP contribution in [0.3, 0.4) is 0 Å². The Morgan fingerprint density at radius 1 is 1.07 bits per heavy atom. The van der Waals surface area contributed by atoms with Crippen LogP contribution in [0.1, 0.15) is 16.7 Å². The van der Waals surface area contributed by atoms with Gasteiger partial charge in [0, 0.05) is 39.8 Å². The number of nitrogens with zero attached hydrogens (tertiary/aromatic N) is 3. The quantitative estimate of drug-likeness (QED) is 0.883. The molecule has 1 N–H and O–H groups in total. The van der Waals surface area contributed by atoms with E-state index in [1.807, 2.05) is 30.1 Å². The Bertz CT molecular complexity index is 798. The summed E-state index contributed by atoms with van der Waals surface area (Å²) in [6.45, 7) is 8.52. The Morgan fingerprint density at radius 3 is 2.44 bits per heavy atom. The van der Waals surface area contributed by atoms with E-state index >= 15 is 0 Å². The smallest absolute Gasteiger partial charge is 0.236 e. The zero-order chi connectivity index (χ0) is 19.4. The molecule has 3 rings (SSSR count). The molecule has 1 heterocycles. The van der Waals surface area contributed by atoms with E-state index < -0.39 is 0 Å². The Labute approximate surface area is 161 Å².